The molecule has 0 aliphatic carbocycles. The number of carboxylic acids is 1. The van der Waals surface area contributed by atoms with Crippen LogP contribution in [0.15, 0.2) is 24.3 Å². The molecule has 1 aromatic rings. The SMILES string of the molecule is CNC(=O)Cc1ccc(NS(=O)(=O)C(C)C(=O)O)cc1. The summed E-state index contributed by atoms with van der Waals surface area (Å²) in [6, 6.07) is 6.14. The number of benzene rings is 1. The predicted octanol–water partition coefficient (Wildman–Crippen LogP) is 0.190. The number of aliphatic carboxylic acids is 1. The van der Waals surface area contributed by atoms with E-state index >= 15 is 0 Å². The molecule has 1 amide bonds. The van der Waals surface area contributed by atoms with Gasteiger partial charge in [-0.1, -0.05) is 12.1 Å². The summed E-state index contributed by atoms with van der Waals surface area (Å²) in [6.07, 6.45) is 0.190. The Labute approximate surface area is 117 Å². The van der Waals surface area contributed by atoms with Crippen molar-refractivity contribution in [1.29, 1.82) is 0 Å². The molecule has 0 aliphatic rings. The molecule has 0 spiro atoms. The Hall–Kier alpha value is -2.09. The first kappa shape index (κ1) is 16.0. The zero-order valence-corrected chi connectivity index (χ0v) is 11.9. The van der Waals surface area contributed by atoms with Crippen LogP contribution in [0.2, 0.25) is 0 Å². The molecule has 1 atom stereocenters. The van der Waals surface area contributed by atoms with Crippen LogP contribution in [0.3, 0.4) is 0 Å². The Bertz CT molecular complexity index is 595. The molecular weight excluding hydrogens is 284 g/mol. The van der Waals surface area contributed by atoms with E-state index in [9.17, 15) is 18.0 Å². The Balaban J connectivity index is 2.80. The van der Waals surface area contributed by atoms with Crippen molar-refractivity contribution in [2.75, 3.05) is 11.8 Å². The number of amides is 1. The lowest BCUT2D eigenvalue weighted by Crippen LogP contribution is -2.32. The minimum absolute atomic E-state index is 0.155. The van der Waals surface area contributed by atoms with Gasteiger partial charge in [0.05, 0.1) is 6.42 Å². The second-order valence-corrected chi connectivity index (χ2v) is 6.18. The topological polar surface area (TPSA) is 113 Å². The van der Waals surface area contributed by atoms with Gasteiger partial charge in [-0.25, -0.2) is 8.42 Å². The van der Waals surface area contributed by atoms with Crippen molar-refractivity contribution in [3.63, 3.8) is 0 Å². The average Bonchev–Trinajstić information content (AvgIpc) is 2.39. The minimum Gasteiger partial charge on any atom is -0.480 e. The van der Waals surface area contributed by atoms with E-state index in [0.717, 1.165) is 12.5 Å². The number of rotatable bonds is 6. The fraction of sp³-hybridized carbons (Fsp3) is 0.333. The first-order chi connectivity index (χ1) is 9.26. The third-order valence-electron chi connectivity index (χ3n) is 2.67. The van der Waals surface area contributed by atoms with Crippen LogP contribution in [0.25, 0.3) is 0 Å². The third-order valence-corrected chi connectivity index (χ3v) is 4.32. The molecular formula is C12H16N2O5S. The normalized spacial score (nSPS) is 12.5. The molecule has 1 rings (SSSR count). The molecule has 0 radical (unpaired) electrons. The van der Waals surface area contributed by atoms with E-state index in [4.69, 9.17) is 5.11 Å². The largest absolute Gasteiger partial charge is 0.480 e. The molecule has 0 aromatic heterocycles. The average molecular weight is 300 g/mol. The van der Waals surface area contributed by atoms with Crippen LogP contribution in [0.1, 0.15) is 12.5 Å². The third kappa shape index (κ3) is 4.23. The maximum atomic E-state index is 11.7. The molecule has 0 aliphatic heterocycles. The summed E-state index contributed by atoms with van der Waals surface area (Å²) >= 11 is 0. The summed E-state index contributed by atoms with van der Waals surface area (Å²) in [7, 11) is -2.46. The quantitative estimate of drug-likeness (QED) is 0.694. The van der Waals surface area contributed by atoms with Gasteiger partial charge in [0.15, 0.2) is 5.25 Å². The molecule has 0 fully saturated rings. The number of hydrogen-bond acceptors (Lipinski definition) is 4. The van der Waals surface area contributed by atoms with Crippen LogP contribution in [0.4, 0.5) is 5.69 Å². The van der Waals surface area contributed by atoms with E-state index in [0.29, 0.717) is 0 Å². The summed E-state index contributed by atoms with van der Waals surface area (Å²) in [6.45, 7) is 1.09. The van der Waals surface area contributed by atoms with Crippen molar-refractivity contribution in [2.24, 2.45) is 0 Å². The van der Waals surface area contributed by atoms with Gasteiger partial charge in [0.1, 0.15) is 0 Å². The van der Waals surface area contributed by atoms with Gasteiger partial charge in [-0.05, 0) is 24.6 Å². The van der Waals surface area contributed by atoms with Gasteiger partial charge in [0.25, 0.3) is 0 Å². The standard InChI is InChI=1S/C12H16N2O5S/c1-8(12(16)17)20(18,19)14-10-5-3-9(4-6-10)7-11(15)13-2/h3-6,8,14H,7H2,1-2H3,(H,13,15)(H,16,17). The van der Waals surface area contributed by atoms with Crippen molar-refractivity contribution >= 4 is 27.6 Å². The molecule has 1 unspecified atom stereocenters. The summed E-state index contributed by atoms with van der Waals surface area (Å²) in [5, 5.41) is 9.63. The molecule has 1 aromatic carbocycles. The molecule has 0 saturated carbocycles. The van der Waals surface area contributed by atoms with Crippen LogP contribution < -0.4 is 10.0 Å². The van der Waals surface area contributed by atoms with Gasteiger partial charge in [-0.2, -0.15) is 0 Å². The van der Waals surface area contributed by atoms with Crippen LogP contribution in [0, 0.1) is 0 Å². The zero-order valence-electron chi connectivity index (χ0n) is 11.1. The lowest BCUT2D eigenvalue weighted by molar-refractivity contribution is -0.136. The second kappa shape index (κ2) is 6.38. The molecule has 110 valence electrons. The first-order valence-electron chi connectivity index (χ1n) is 5.80. The highest BCUT2D eigenvalue weighted by Gasteiger charge is 2.27. The van der Waals surface area contributed by atoms with Gasteiger partial charge in [0, 0.05) is 12.7 Å². The fourth-order valence-corrected chi connectivity index (χ4v) is 2.26. The van der Waals surface area contributed by atoms with Gasteiger partial charge < -0.3 is 10.4 Å². The highest BCUT2D eigenvalue weighted by Crippen LogP contribution is 2.14. The van der Waals surface area contributed by atoms with Crippen LogP contribution in [-0.2, 0) is 26.0 Å². The summed E-state index contributed by atoms with van der Waals surface area (Å²) in [5.41, 5.74) is 0.970. The van der Waals surface area contributed by atoms with E-state index < -0.39 is 21.2 Å². The summed E-state index contributed by atoms with van der Waals surface area (Å²) < 4.78 is 25.6. The number of anilines is 1. The second-order valence-electron chi connectivity index (χ2n) is 4.17. The summed E-state index contributed by atoms with van der Waals surface area (Å²) in [5.74, 6) is -1.58. The highest BCUT2D eigenvalue weighted by atomic mass is 32.2. The van der Waals surface area contributed by atoms with E-state index in [1.807, 2.05) is 0 Å². The lowest BCUT2D eigenvalue weighted by Gasteiger charge is -2.11. The fourth-order valence-electron chi connectivity index (χ4n) is 1.35. The number of hydrogen-bond donors (Lipinski definition) is 3. The van der Waals surface area contributed by atoms with Crippen molar-refractivity contribution in [2.45, 2.75) is 18.6 Å². The van der Waals surface area contributed by atoms with E-state index in [1.54, 1.807) is 12.1 Å². The predicted molar refractivity (Wildman–Crippen MR) is 73.9 cm³/mol. The van der Waals surface area contributed by atoms with Gasteiger partial charge >= 0.3 is 5.97 Å². The highest BCUT2D eigenvalue weighted by molar-refractivity contribution is 7.94. The maximum absolute atomic E-state index is 11.7. The van der Waals surface area contributed by atoms with Crippen LogP contribution in [0.5, 0.6) is 0 Å². The Morgan fingerprint density at radius 1 is 1.25 bits per heavy atom. The molecule has 7 nitrogen and oxygen atoms in total. The van der Waals surface area contributed by atoms with Crippen molar-refractivity contribution in [1.82, 2.24) is 5.32 Å². The minimum atomic E-state index is -3.98. The van der Waals surface area contributed by atoms with Crippen LogP contribution >= 0.6 is 0 Å². The Morgan fingerprint density at radius 3 is 2.25 bits per heavy atom. The summed E-state index contributed by atoms with van der Waals surface area (Å²) in [4.78, 5) is 21.9. The molecule has 0 bridgehead atoms. The zero-order chi connectivity index (χ0) is 15.3. The lowest BCUT2D eigenvalue weighted by atomic mass is 10.1. The number of sulfonamides is 1. The maximum Gasteiger partial charge on any atom is 0.323 e. The monoisotopic (exact) mass is 300 g/mol. The van der Waals surface area contributed by atoms with Crippen molar-refractivity contribution < 1.29 is 23.1 Å². The number of carbonyl (C=O) groups is 2. The van der Waals surface area contributed by atoms with Crippen molar-refractivity contribution in [3.8, 4) is 0 Å². The van der Waals surface area contributed by atoms with E-state index in [2.05, 4.69) is 10.0 Å². The number of carbonyl (C=O) groups excluding carboxylic acids is 1. The molecule has 20 heavy (non-hydrogen) atoms. The van der Waals surface area contributed by atoms with Gasteiger partial charge in [0.2, 0.25) is 15.9 Å². The number of likely N-dealkylation sites (N-methyl/N-ethyl adjacent to an activating group) is 1. The number of nitrogens with one attached hydrogen (secondary N) is 2. The van der Waals surface area contributed by atoms with Gasteiger partial charge in [-0.15, -0.1) is 0 Å². The Morgan fingerprint density at radius 2 is 1.80 bits per heavy atom. The molecule has 0 heterocycles. The molecule has 0 saturated heterocycles. The Kier molecular flexibility index (Phi) is 5.09. The van der Waals surface area contributed by atoms with Gasteiger partial charge in [-0.3, -0.25) is 14.3 Å². The molecule has 8 heteroatoms. The van der Waals surface area contributed by atoms with Crippen molar-refractivity contribution in [3.05, 3.63) is 29.8 Å². The number of carboxylic acid groups (broad SMARTS) is 1. The van der Waals surface area contributed by atoms with Crippen LogP contribution in [-0.4, -0.2) is 37.7 Å². The molecule has 3 N–H and O–H groups in total. The smallest absolute Gasteiger partial charge is 0.323 e. The van der Waals surface area contributed by atoms with E-state index in [1.165, 1.54) is 19.2 Å². The first-order valence-corrected chi connectivity index (χ1v) is 7.35. The van der Waals surface area contributed by atoms with E-state index in [-0.39, 0.29) is 18.0 Å².